The van der Waals surface area contributed by atoms with Gasteiger partial charge in [-0.2, -0.15) is 0 Å². The SMILES string of the molecule is CCN1CCN(c2ccc(NC(=O)Cc3ccc(OC)cc3)cn2)CC1. The van der Waals surface area contributed by atoms with Crippen molar-refractivity contribution in [2.45, 2.75) is 13.3 Å². The number of nitrogens with zero attached hydrogens (tertiary/aromatic N) is 3. The number of ether oxygens (including phenoxy) is 1. The quantitative estimate of drug-likeness (QED) is 0.863. The maximum absolute atomic E-state index is 12.2. The minimum absolute atomic E-state index is 0.0544. The van der Waals surface area contributed by atoms with Gasteiger partial charge in [-0.1, -0.05) is 19.1 Å². The van der Waals surface area contributed by atoms with E-state index in [0.29, 0.717) is 6.42 Å². The van der Waals surface area contributed by atoms with Crippen LogP contribution in [0.1, 0.15) is 12.5 Å². The minimum Gasteiger partial charge on any atom is -0.497 e. The molecule has 0 radical (unpaired) electrons. The number of hydrogen-bond donors (Lipinski definition) is 1. The van der Waals surface area contributed by atoms with Crippen LogP contribution in [0.4, 0.5) is 11.5 Å². The summed E-state index contributed by atoms with van der Waals surface area (Å²) in [6, 6.07) is 11.4. The number of nitrogens with one attached hydrogen (secondary N) is 1. The maximum atomic E-state index is 12.2. The fourth-order valence-corrected chi connectivity index (χ4v) is 3.07. The van der Waals surface area contributed by atoms with Gasteiger partial charge in [-0.3, -0.25) is 4.79 Å². The second kappa shape index (κ2) is 8.67. The average molecular weight is 354 g/mol. The Bertz CT molecular complexity index is 708. The molecule has 138 valence electrons. The predicted octanol–water partition coefficient (Wildman–Crippen LogP) is 2.41. The van der Waals surface area contributed by atoms with Gasteiger partial charge in [0.25, 0.3) is 0 Å². The van der Waals surface area contributed by atoms with Crippen molar-refractivity contribution in [3.63, 3.8) is 0 Å². The van der Waals surface area contributed by atoms with E-state index in [0.717, 1.165) is 55.5 Å². The third-order valence-electron chi connectivity index (χ3n) is 4.70. The highest BCUT2D eigenvalue weighted by molar-refractivity contribution is 5.92. The summed E-state index contributed by atoms with van der Waals surface area (Å²) in [5.41, 5.74) is 1.67. The van der Waals surface area contributed by atoms with E-state index >= 15 is 0 Å². The van der Waals surface area contributed by atoms with E-state index in [-0.39, 0.29) is 5.91 Å². The van der Waals surface area contributed by atoms with Crippen LogP contribution in [-0.4, -0.2) is 55.6 Å². The largest absolute Gasteiger partial charge is 0.497 e. The summed E-state index contributed by atoms with van der Waals surface area (Å²) < 4.78 is 5.13. The number of anilines is 2. The van der Waals surface area contributed by atoms with E-state index in [1.165, 1.54) is 0 Å². The number of pyridine rings is 1. The van der Waals surface area contributed by atoms with E-state index in [2.05, 4.69) is 27.0 Å². The van der Waals surface area contributed by atoms with Crippen molar-refractivity contribution < 1.29 is 9.53 Å². The topological polar surface area (TPSA) is 57.7 Å². The van der Waals surface area contributed by atoms with Crippen LogP contribution in [0.25, 0.3) is 0 Å². The molecule has 1 N–H and O–H groups in total. The van der Waals surface area contributed by atoms with E-state index in [1.54, 1.807) is 13.3 Å². The Kier molecular flexibility index (Phi) is 6.07. The molecule has 1 fully saturated rings. The molecule has 2 aromatic rings. The summed E-state index contributed by atoms with van der Waals surface area (Å²) in [5, 5.41) is 2.91. The van der Waals surface area contributed by atoms with E-state index in [9.17, 15) is 4.79 Å². The minimum atomic E-state index is -0.0544. The molecule has 1 saturated heterocycles. The van der Waals surface area contributed by atoms with E-state index in [4.69, 9.17) is 4.74 Å². The van der Waals surface area contributed by atoms with Gasteiger partial charge in [-0.05, 0) is 36.4 Å². The number of aromatic nitrogens is 1. The molecule has 1 aromatic heterocycles. The number of hydrogen-bond acceptors (Lipinski definition) is 5. The third kappa shape index (κ3) is 4.73. The molecule has 2 heterocycles. The summed E-state index contributed by atoms with van der Waals surface area (Å²) in [7, 11) is 1.63. The van der Waals surface area contributed by atoms with Crippen molar-refractivity contribution in [1.82, 2.24) is 9.88 Å². The first-order chi connectivity index (χ1) is 12.7. The molecule has 1 aliphatic heterocycles. The lowest BCUT2D eigenvalue weighted by molar-refractivity contribution is -0.115. The first-order valence-corrected chi connectivity index (χ1v) is 9.04. The van der Waals surface area contributed by atoms with Gasteiger partial charge < -0.3 is 19.9 Å². The molecule has 1 aliphatic rings. The lowest BCUT2D eigenvalue weighted by Crippen LogP contribution is -2.46. The highest BCUT2D eigenvalue weighted by atomic mass is 16.5. The number of benzene rings is 1. The van der Waals surface area contributed by atoms with E-state index in [1.807, 2.05) is 36.4 Å². The zero-order chi connectivity index (χ0) is 18.4. The molecule has 0 atom stereocenters. The molecule has 0 bridgehead atoms. The van der Waals surface area contributed by atoms with Gasteiger partial charge in [0.15, 0.2) is 0 Å². The number of likely N-dealkylation sites (N-methyl/N-ethyl adjacent to an activating group) is 1. The summed E-state index contributed by atoms with van der Waals surface area (Å²) in [6.07, 6.45) is 2.05. The monoisotopic (exact) mass is 354 g/mol. The van der Waals surface area contributed by atoms with Crippen LogP contribution in [0.15, 0.2) is 42.6 Å². The van der Waals surface area contributed by atoms with Crippen molar-refractivity contribution in [2.24, 2.45) is 0 Å². The Labute approximate surface area is 154 Å². The molecule has 3 rings (SSSR count). The second-order valence-corrected chi connectivity index (χ2v) is 6.40. The Balaban J connectivity index is 1.52. The lowest BCUT2D eigenvalue weighted by Gasteiger charge is -2.34. The van der Waals surface area contributed by atoms with Gasteiger partial charge in [-0.25, -0.2) is 4.98 Å². The molecule has 26 heavy (non-hydrogen) atoms. The number of amides is 1. The molecule has 1 aromatic carbocycles. The molecule has 1 amide bonds. The Morgan fingerprint density at radius 2 is 1.85 bits per heavy atom. The molecule has 6 nitrogen and oxygen atoms in total. The molecule has 0 unspecified atom stereocenters. The molecular formula is C20H26N4O2. The van der Waals surface area contributed by atoms with Gasteiger partial charge in [-0.15, -0.1) is 0 Å². The fraction of sp³-hybridized carbons (Fsp3) is 0.400. The van der Waals surface area contributed by atoms with Crippen molar-refractivity contribution in [3.05, 3.63) is 48.2 Å². The Morgan fingerprint density at radius 1 is 1.12 bits per heavy atom. The van der Waals surface area contributed by atoms with Gasteiger partial charge in [0.05, 0.1) is 25.4 Å². The summed E-state index contributed by atoms with van der Waals surface area (Å²) in [4.78, 5) is 21.4. The van der Waals surface area contributed by atoms with Crippen LogP contribution in [0.5, 0.6) is 5.75 Å². The van der Waals surface area contributed by atoms with Crippen LogP contribution >= 0.6 is 0 Å². The standard InChI is InChI=1S/C20H26N4O2/c1-3-23-10-12-24(13-11-23)19-9-6-17(15-21-19)22-20(25)14-16-4-7-18(26-2)8-5-16/h4-9,15H,3,10-14H2,1-2H3,(H,22,25). The molecule has 0 spiro atoms. The highest BCUT2D eigenvalue weighted by Crippen LogP contribution is 2.17. The smallest absolute Gasteiger partial charge is 0.228 e. The number of piperazine rings is 1. The maximum Gasteiger partial charge on any atom is 0.228 e. The van der Waals surface area contributed by atoms with Gasteiger partial charge in [0.2, 0.25) is 5.91 Å². The van der Waals surface area contributed by atoms with E-state index < -0.39 is 0 Å². The predicted molar refractivity (Wildman–Crippen MR) is 104 cm³/mol. The number of rotatable bonds is 6. The summed E-state index contributed by atoms with van der Waals surface area (Å²) in [5.74, 6) is 1.70. The first-order valence-electron chi connectivity index (χ1n) is 9.04. The average Bonchev–Trinajstić information content (AvgIpc) is 2.69. The summed E-state index contributed by atoms with van der Waals surface area (Å²) >= 11 is 0. The molecule has 6 heteroatoms. The zero-order valence-electron chi connectivity index (χ0n) is 15.4. The van der Waals surface area contributed by atoms with Crippen molar-refractivity contribution in [3.8, 4) is 5.75 Å². The van der Waals surface area contributed by atoms with Gasteiger partial charge in [0, 0.05) is 26.2 Å². The Morgan fingerprint density at radius 3 is 2.42 bits per heavy atom. The molecular weight excluding hydrogens is 328 g/mol. The van der Waals surface area contributed by atoms with Crippen LogP contribution in [0.2, 0.25) is 0 Å². The number of carbonyl (C=O) groups is 1. The third-order valence-corrected chi connectivity index (χ3v) is 4.70. The van der Waals surface area contributed by atoms with Gasteiger partial charge >= 0.3 is 0 Å². The summed E-state index contributed by atoms with van der Waals surface area (Å²) in [6.45, 7) is 7.41. The van der Waals surface area contributed by atoms with Crippen molar-refractivity contribution >= 4 is 17.4 Å². The number of methoxy groups -OCH3 is 1. The molecule has 0 aliphatic carbocycles. The van der Waals surface area contributed by atoms with Crippen molar-refractivity contribution in [2.75, 3.05) is 50.1 Å². The van der Waals surface area contributed by atoms with Gasteiger partial charge in [0.1, 0.15) is 11.6 Å². The van der Waals surface area contributed by atoms with Crippen LogP contribution in [0, 0.1) is 0 Å². The van der Waals surface area contributed by atoms with Crippen molar-refractivity contribution in [1.29, 1.82) is 0 Å². The zero-order valence-corrected chi connectivity index (χ0v) is 15.4. The fourth-order valence-electron chi connectivity index (χ4n) is 3.07. The van der Waals surface area contributed by atoms with Crippen LogP contribution in [-0.2, 0) is 11.2 Å². The first kappa shape index (κ1) is 18.2. The Hall–Kier alpha value is -2.60. The second-order valence-electron chi connectivity index (χ2n) is 6.40. The lowest BCUT2D eigenvalue weighted by atomic mass is 10.1. The van der Waals surface area contributed by atoms with Crippen LogP contribution in [0.3, 0.4) is 0 Å². The van der Waals surface area contributed by atoms with Crippen LogP contribution < -0.4 is 15.0 Å². The highest BCUT2D eigenvalue weighted by Gasteiger charge is 2.16. The molecule has 0 saturated carbocycles. The number of carbonyl (C=O) groups excluding carboxylic acids is 1. The normalized spacial score (nSPS) is 14.9.